The van der Waals surface area contributed by atoms with Gasteiger partial charge in [-0.1, -0.05) is 6.42 Å². The quantitative estimate of drug-likeness (QED) is 0.701. The Morgan fingerprint density at radius 3 is 2.80 bits per heavy atom. The maximum Gasteiger partial charge on any atom is 0.112 e. The first-order chi connectivity index (χ1) is 7.17. The van der Waals surface area contributed by atoms with Gasteiger partial charge in [0.1, 0.15) is 5.01 Å². The largest absolute Gasteiger partial charge is 0.330 e. The summed E-state index contributed by atoms with van der Waals surface area (Å²) >= 11 is 1.70. The van der Waals surface area contributed by atoms with Crippen LogP contribution in [0.25, 0.3) is 0 Å². The molecule has 0 aliphatic heterocycles. The monoisotopic (exact) mass is 227 g/mol. The van der Waals surface area contributed by atoms with Crippen LogP contribution in [0.5, 0.6) is 0 Å². The molecule has 0 saturated carbocycles. The van der Waals surface area contributed by atoms with Gasteiger partial charge in [0.05, 0.1) is 5.54 Å². The second kappa shape index (κ2) is 6.20. The van der Waals surface area contributed by atoms with Crippen molar-refractivity contribution in [2.24, 2.45) is 5.73 Å². The van der Waals surface area contributed by atoms with E-state index in [1.54, 1.807) is 11.3 Å². The number of hydrogen-bond acceptors (Lipinski definition) is 4. The number of aromatic nitrogens is 1. The number of nitrogens with one attached hydrogen (secondary N) is 1. The van der Waals surface area contributed by atoms with Crippen molar-refractivity contribution in [2.75, 3.05) is 13.1 Å². The third-order valence-corrected chi connectivity index (χ3v) is 3.51. The van der Waals surface area contributed by atoms with Crippen LogP contribution in [-0.2, 0) is 5.54 Å². The van der Waals surface area contributed by atoms with Gasteiger partial charge in [0.25, 0.3) is 0 Å². The summed E-state index contributed by atoms with van der Waals surface area (Å²) in [4.78, 5) is 4.34. The Labute approximate surface area is 96.1 Å². The van der Waals surface area contributed by atoms with Crippen molar-refractivity contribution in [3.05, 3.63) is 16.6 Å². The third-order valence-electron chi connectivity index (χ3n) is 2.41. The Morgan fingerprint density at radius 1 is 1.40 bits per heavy atom. The SMILES string of the molecule is CC(C)(NCCCCCN)c1nccs1. The van der Waals surface area contributed by atoms with Crippen LogP contribution in [0.4, 0.5) is 0 Å². The van der Waals surface area contributed by atoms with Crippen LogP contribution in [0, 0.1) is 0 Å². The first kappa shape index (κ1) is 12.6. The molecule has 1 heterocycles. The topological polar surface area (TPSA) is 50.9 Å². The summed E-state index contributed by atoms with van der Waals surface area (Å²) in [7, 11) is 0. The molecule has 0 saturated heterocycles. The van der Waals surface area contributed by atoms with Crippen LogP contribution in [0.1, 0.15) is 38.1 Å². The average molecular weight is 227 g/mol. The molecule has 1 rings (SSSR count). The minimum absolute atomic E-state index is 0.00309. The van der Waals surface area contributed by atoms with Crippen molar-refractivity contribution >= 4 is 11.3 Å². The van der Waals surface area contributed by atoms with Gasteiger partial charge in [0.15, 0.2) is 0 Å². The third kappa shape index (κ3) is 4.28. The van der Waals surface area contributed by atoms with Gasteiger partial charge in [0.2, 0.25) is 0 Å². The number of thiazole rings is 1. The second-order valence-electron chi connectivity index (χ2n) is 4.24. The molecule has 0 unspecified atom stereocenters. The number of nitrogens with two attached hydrogens (primary N) is 1. The predicted octanol–water partition coefficient (Wildman–Crippen LogP) is 2.10. The molecule has 3 N–H and O–H groups in total. The van der Waals surface area contributed by atoms with Gasteiger partial charge in [-0.05, 0) is 39.8 Å². The fourth-order valence-corrected chi connectivity index (χ4v) is 2.19. The molecular weight excluding hydrogens is 206 g/mol. The molecule has 0 bridgehead atoms. The summed E-state index contributed by atoms with van der Waals surface area (Å²) < 4.78 is 0. The van der Waals surface area contributed by atoms with Gasteiger partial charge in [-0.15, -0.1) is 11.3 Å². The molecule has 0 aliphatic rings. The summed E-state index contributed by atoms with van der Waals surface area (Å²) in [6, 6.07) is 0. The Bertz CT molecular complexity index is 257. The minimum Gasteiger partial charge on any atom is -0.330 e. The molecule has 0 radical (unpaired) electrons. The maximum absolute atomic E-state index is 5.44. The van der Waals surface area contributed by atoms with Gasteiger partial charge < -0.3 is 11.1 Å². The number of rotatable bonds is 7. The number of unbranched alkanes of at least 4 members (excludes halogenated alkanes) is 2. The smallest absolute Gasteiger partial charge is 0.112 e. The van der Waals surface area contributed by atoms with E-state index >= 15 is 0 Å². The highest BCUT2D eigenvalue weighted by molar-refractivity contribution is 7.09. The standard InChI is InChI=1S/C11H21N3S/c1-11(2,10-13-8-9-15-10)14-7-5-3-4-6-12/h8-9,14H,3-7,12H2,1-2H3. The Balaban J connectivity index is 2.25. The van der Waals surface area contributed by atoms with Crippen LogP contribution < -0.4 is 11.1 Å². The summed E-state index contributed by atoms with van der Waals surface area (Å²) in [5, 5.41) is 6.70. The average Bonchev–Trinajstić information content (AvgIpc) is 2.70. The van der Waals surface area contributed by atoms with Crippen molar-refractivity contribution in [1.82, 2.24) is 10.3 Å². The highest BCUT2D eigenvalue weighted by atomic mass is 32.1. The van der Waals surface area contributed by atoms with Crippen LogP contribution >= 0.6 is 11.3 Å². The summed E-state index contributed by atoms with van der Waals surface area (Å²) in [6.45, 7) is 6.19. The molecule has 0 spiro atoms. The van der Waals surface area contributed by atoms with Crippen molar-refractivity contribution < 1.29 is 0 Å². The van der Waals surface area contributed by atoms with Crippen LogP contribution in [0.15, 0.2) is 11.6 Å². The molecular formula is C11H21N3S. The summed E-state index contributed by atoms with van der Waals surface area (Å²) in [5.74, 6) is 0. The fraction of sp³-hybridized carbons (Fsp3) is 0.727. The molecule has 1 aromatic rings. The lowest BCUT2D eigenvalue weighted by atomic mass is 10.1. The lowest BCUT2D eigenvalue weighted by molar-refractivity contribution is 0.394. The first-order valence-corrected chi connectivity index (χ1v) is 6.40. The Hall–Kier alpha value is -0.450. The van der Waals surface area contributed by atoms with Crippen molar-refractivity contribution in [2.45, 2.75) is 38.6 Å². The second-order valence-corrected chi connectivity index (χ2v) is 5.13. The van der Waals surface area contributed by atoms with E-state index in [2.05, 4.69) is 24.1 Å². The molecule has 3 nitrogen and oxygen atoms in total. The maximum atomic E-state index is 5.44. The molecule has 0 aliphatic carbocycles. The molecule has 15 heavy (non-hydrogen) atoms. The van der Waals surface area contributed by atoms with E-state index in [0.717, 1.165) is 24.5 Å². The van der Waals surface area contributed by atoms with Crippen LogP contribution in [0.2, 0.25) is 0 Å². The molecule has 1 aromatic heterocycles. The molecule has 0 fully saturated rings. The highest BCUT2D eigenvalue weighted by Crippen LogP contribution is 2.21. The van der Waals surface area contributed by atoms with Gasteiger partial charge in [-0.3, -0.25) is 0 Å². The van der Waals surface area contributed by atoms with E-state index < -0.39 is 0 Å². The predicted molar refractivity (Wildman–Crippen MR) is 66.0 cm³/mol. The molecule has 0 atom stereocenters. The molecule has 86 valence electrons. The van der Waals surface area contributed by atoms with E-state index in [4.69, 9.17) is 5.73 Å². The van der Waals surface area contributed by atoms with Crippen molar-refractivity contribution in [1.29, 1.82) is 0 Å². The van der Waals surface area contributed by atoms with Gasteiger partial charge in [-0.2, -0.15) is 0 Å². The Kier molecular flexibility index (Phi) is 5.22. The molecule has 4 heteroatoms. The zero-order valence-electron chi connectivity index (χ0n) is 9.62. The van der Waals surface area contributed by atoms with E-state index in [-0.39, 0.29) is 5.54 Å². The lowest BCUT2D eigenvalue weighted by Gasteiger charge is -2.23. The summed E-state index contributed by atoms with van der Waals surface area (Å²) in [5.41, 5.74) is 5.44. The molecule has 0 amide bonds. The summed E-state index contributed by atoms with van der Waals surface area (Å²) in [6.07, 6.45) is 5.38. The normalized spacial score (nSPS) is 11.9. The van der Waals surface area contributed by atoms with E-state index in [9.17, 15) is 0 Å². The zero-order valence-corrected chi connectivity index (χ0v) is 10.4. The van der Waals surface area contributed by atoms with E-state index in [1.807, 2.05) is 11.6 Å². The van der Waals surface area contributed by atoms with Crippen LogP contribution in [0.3, 0.4) is 0 Å². The van der Waals surface area contributed by atoms with E-state index in [1.165, 1.54) is 12.8 Å². The van der Waals surface area contributed by atoms with Gasteiger partial charge >= 0.3 is 0 Å². The molecule has 0 aromatic carbocycles. The van der Waals surface area contributed by atoms with Crippen LogP contribution in [-0.4, -0.2) is 18.1 Å². The van der Waals surface area contributed by atoms with Gasteiger partial charge in [0, 0.05) is 11.6 Å². The fourth-order valence-electron chi connectivity index (χ4n) is 1.45. The highest BCUT2D eigenvalue weighted by Gasteiger charge is 2.21. The van der Waals surface area contributed by atoms with Crippen molar-refractivity contribution in [3.8, 4) is 0 Å². The number of nitrogens with zero attached hydrogens (tertiary/aromatic N) is 1. The van der Waals surface area contributed by atoms with E-state index in [0.29, 0.717) is 0 Å². The zero-order chi connectivity index (χ0) is 11.1. The van der Waals surface area contributed by atoms with Crippen molar-refractivity contribution in [3.63, 3.8) is 0 Å². The minimum atomic E-state index is -0.00309. The van der Waals surface area contributed by atoms with Gasteiger partial charge in [-0.25, -0.2) is 4.98 Å². The lowest BCUT2D eigenvalue weighted by Crippen LogP contribution is -2.37. The number of hydrogen-bond donors (Lipinski definition) is 2. The Morgan fingerprint density at radius 2 is 2.20 bits per heavy atom. The first-order valence-electron chi connectivity index (χ1n) is 5.52.